The number of hydrogen-bond donors (Lipinski definition) is 1. The highest BCUT2D eigenvalue weighted by Gasteiger charge is 2.35. The lowest BCUT2D eigenvalue weighted by atomic mass is 10.1. The summed E-state index contributed by atoms with van der Waals surface area (Å²) in [5.41, 5.74) is 6.57. The van der Waals surface area contributed by atoms with Crippen LogP contribution in [-0.4, -0.2) is 33.5 Å². The highest BCUT2D eigenvalue weighted by molar-refractivity contribution is 8.01. The van der Waals surface area contributed by atoms with Crippen molar-refractivity contribution < 1.29 is 9.59 Å². The van der Waals surface area contributed by atoms with E-state index in [-0.39, 0.29) is 17.1 Å². The van der Waals surface area contributed by atoms with Gasteiger partial charge >= 0.3 is 0 Å². The van der Waals surface area contributed by atoms with Gasteiger partial charge in [-0.1, -0.05) is 30.4 Å². The number of anilines is 1. The first kappa shape index (κ1) is 14.1. The zero-order chi connectivity index (χ0) is 15.0. The van der Waals surface area contributed by atoms with E-state index in [1.807, 2.05) is 6.92 Å². The van der Waals surface area contributed by atoms with Crippen LogP contribution in [-0.2, 0) is 0 Å². The van der Waals surface area contributed by atoms with Gasteiger partial charge in [0.2, 0.25) is 0 Å². The highest BCUT2D eigenvalue weighted by Crippen LogP contribution is 2.31. The molecule has 2 heterocycles. The molecule has 7 heteroatoms. The molecule has 108 valence electrons. The predicted molar refractivity (Wildman–Crippen MR) is 83.7 cm³/mol. The molecule has 1 unspecified atom stereocenters. The van der Waals surface area contributed by atoms with Crippen molar-refractivity contribution in [2.75, 3.05) is 12.3 Å². The van der Waals surface area contributed by atoms with E-state index in [2.05, 4.69) is 4.98 Å². The summed E-state index contributed by atoms with van der Waals surface area (Å²) in [6.45, 7) is 2.35. The van der Waals surface area contributed by atoms with Crippen LogP contribution in [0.3, 0.4) is 0 Å². The maximum absolute atomic E-state index is 12.3. The molecule has 0 bridgehead atoms. The number of imide groups is 1. The predicted octanol–water partition coefficient (Wildman–Crippen LogP) is 2.50. The minimum absolute atomic E-state index is 0.0760. The monoisotopic (exact) mass is 319 g/mol. The summed E-state index contributed by atoms with van der Waals surface area (Å²) in [5.74, 6) is -0.432. The van der Waals surface area contributed by atoms with E-state index in [0.717, 1.165) is 4.21 Å². The van der Waals surface area contributed by atoms with Crippen molar-refractivity contribution in [3.05, 3.63) is 41.6 Å². The van der Waals surface area contributed by atoms with Gasteiger partial charge in [-0.2, -0.15) is 0 Å². The van der Waals surface area contributed by atoms with Crippen LogP contribution < -0.4 is 5.73 Å². The fourth-order valence-corrected chi connectivity index (χ4v) is 4.32. The number of carbonyl (C=O) groups excluding carboxylic acids is 2. The summed E-state index contributed by atoms with van der Waals surface area (Å²) in [7, 11) is 0. The molecule has 0 saturated heterocycles. The molecule has 0 aliphatic carbocycles. The molecule has 0 radical (unpaired) electrons. The first-order valence-electron chi connectivity index (χ1n) is 6.39. The lowest BCUT2D eigenvalue weighted by Gasteiger charge is -2.18. The smallest absolute Gasteiger partial charge is 0.261 e. The Morgan fingerprint density at radius 3 is 2.43 bits per heavy atom. The second kappa shape index (κ2) is 5.50. The van der Waals surface area contributed by atoms with Crippen LogP contribution in [0.25, 0.3) is 0 Å². The van der Waals surface area contributed by atoms with Crippen molar-refractivity contribution in [2.24, 2.45) is 0 Å². The topological polar surface area (TPSA) is 76.3 Å². The average molecular weight is 319 g/mol. The Balaban J connectivity index is 1.71. The van der Waals surface area contributed by atoms with Gasteiger partial charge in [-0.05, 0) is 12.1 Å². The number of rotatable bonds is 4. The summed E-state index contributed by atoms with van der Waals surface area (Å²) in [4.78, 5) is 29.8. The molecular formula is C14H13N3O2S2. The Morgan fingerprint density at radius 2 is 1.90 bits per heavy atom. The fourth-order valence-electron chi connectivity index (χ4n) is 2.22. The van der Waals surface area contributed by atoms with Crippen LogP contribution in [0.2, 0.25) is 0 Å². The number of nitrogen functional groups attached to an aromatic ring is 1. The summed E-state index contributed by atoms with van der Waals surface area (Å²) >= 11 is 2.97. The number of aromatic nitrogens is 1. The Morgan fingerprint density at radius 1 is 1.29 bits per heavy atom. The highest BCUT2D eigenvalue weighted by atomic mass is 32.2. The second-order valence-corrected chi connectivity index (χ2v) is 7.51. The van der Waals surface area contributed by atoms with E-state index in [9.17, 15) is 9.59 Å². The normalized spacial score (nSPS) is 15.4. The molecule has 2 aromatic rings. The van der Waals surface area contributed by atoms with Crippen molar-refractivity contribution in [1.82, 2.24) is 9.88 Å². The van der Waals surface area contributed by atoms with Crippen LogP contribution in [0.5, 0.6) is 0 Å². The number of thiazole rings is 1. The molecule has 2 amide bonds. The third-order valence-corrected chi connectivity index (χ3v) is 5.19. The number of nitrogens with two attached hydrogens (primary N) is 1. The van der Waals surface area contributed by atoms with E-state index in [1.54, 1.807) is 42.2 Å². The molecule has 3 rings (SSSR count). The lowest BCUT2D eigenvalue weighted by Crippen LogP contribution is -2.34. The number of amides is 2. The number of fused-ring (bicyclic) bond motifs is 1. The molecule has 0 saturated carbocycles. The molecule has 1 aromatic heterocycles. The number of thioether (sulfide) groups is 1. The largest absolute Gasteiger partial charge is 0.375 e. The Hall–Kier alpha value is -1.86. The van der Waals surface area contributed by atoms with Crippen LogP contribution in [0.4, 0.5) is 5.13 Å². The van der Waals surface area contributed by atoms with Gasteiger partial charge in [0.05, 0.1) is 21.5 Å². The number of hydrogen-bond acceptors (Lipinski definition) is 6. The summed E-state index contributed by atoms with van der Waals surface area (Å²) < 4.78 is 0.983. The molecule has 1 atom stereocenters. The molecule has 5 nitrogen and oxygen atoms in total. The van der Waals surface area contributed by atoms with Crippen molar-refractivity contribution in [3.8, 4) is 0 Å². The average Bonchev–Trinajstić information content (AvgIpc) is 2.97. The van der Waals surface area contributed by atoms with Crippen LogP contribution in [0.15, 0.2) is 34.7 Å². The molecule has 1 aliphatic rings. The van der Waals surface area contributed by atoms with Crippen molar-refractivity contribution in [1.29, 1.82) is 0 Å². The quantitative estimate of drug-likeness (QED) is 0.692. The molecule has 1 aromatic carbocycles. The van der Waals surface area contributed by atoms with E-state index in [1.165, 1.54) is 16.2 Å². The number of benzene rings is 1. The standard InChI is InChI=1S/C14H13N3O2S2/c1-8(20-11-6-16-14(15)21-11)7-17-12(18)9-4-2-3-5-10(9)13(17)19/h2-6,8H,7H2,1H3,(H2,15,16). The minimum Gasteiger partial charge on any atom is -0.375 e. The van der Waals surface area contributed by atoms with Crippen molar-refractivity contribution in [2.45, 2.75) is 16.4 Å². The Bertz CT molecular complexity index is 679. The molecule has 2 N–H and O–H groups in total. The zero-order valence-corrected chi connectivity index (χ0v) is 12.9. The zero-order valence-electron chi connectivity index (χ0n) is 11.3. The Kier molecular flexibility index (Phi) is 3.69. The third-order valence-electron chi connectivity index (χ3n) is 3.14. The Labute approximate surface area is 130 Å². The van der Waals surface area contributed by atoms with E-state index in [4.69, 9.17) is 5.73 Å². The number of nitrogens with zero attached hydrogens (tertiary/aromatic N) is 2. The molecule has 1 aliphatic heterocycles. The van der Waals surface area contributed by atoms with E-state index < -0.39 is 0 Å². The van der Waals surface area contributed by atoms with Gasteiger partial charge in [-0.25, -0.2) is 4.98 Å². The summed E-state index contributed by atoms with van der Waals surface area (Å²) in [6.07, 6.45) is 1.71. The van der Waals surface area contributed by atoms with Gasteiger partial charge in [0, 0.05) is 11.8 Å². The third kappa shape index (κ3) is 2.66. The summed E-state index contributed by atoms with van der Waals surface area (Å²) in [6, 6.07) is 6.92. The number of carbonyl (C=O) groups is 2. The van der Waals surface area contributed by atoms with Gasteiger partial charge < -0.3 is 5.73 Å². The first-order valence-corrected chi connectivity index (χ1v) is 8.09. The van der Waals surface area contributed by atoms with Gasteiger partial charge in [0.1, 0.15) is 0 Å². The van der Waals surface area contributed by atoms with Crippen LogP contribution >= 0.6 is 23.1 Å². The van der Waals surface area contributed by atoms with Crippen molar-refractivity contribution >= 4 is 40.0 Å². The molecule has 21 heavy (non-hydrogen) atoms. The fraction of sp³-hybridized carbons (Fsp3) is 0.214. The first-order chi connectivity index (χ1) is 10.1. The van der Waals surface area contributed by atoms with E-state index >= 15 is 0 Å². The molecular weight excluding hydrogens is 306 g/mol. The molecule has 0 fully saturated rings. The SMILES string of the molecule is CC(CN1C(=O)c2ccccc2C1=O)Sc1cnc(N)s1. The van der Waals surface area contributed by atoms with Gasteiger partial charge in [0.25, 0.3) is 11.8 Å². The molecule has 0 spiro atoms. The minimum atomic E-state index is -0.216. The van der Waals surface area contributed by atoms with Crippen molar-refractivity contribution in [3.63, 3.8) is 0 Å². The van der Waals surface area contributed by atoms with Gasteiger partial charge in [0.15, 0.2) is 5.13 Å². The maximum Gasteiger partial charge on any atom is 0.261 e. The maximum atomic E-state index is 12.3. The van der Waals surface area contributed by atoms with Gasteiger partial charge in [-0.3, -0.25) is 14.5 Å². The second-order valence-electron chi connectivity index (χ2n) is 4.71. The van der Waals surface area contributed by atoms with Gasteiger partial charge in [-0.15, -0.1) is 11.8 Å². The van der Waals surface area contributed by atoms with Crippen LogP contribution in [0.1, 0.15) is 27.6 Å². The van der Waals surface area contributed by atoms with Crippen LogP contribution in [0, 0.1) is 0 Å². The summed E-state index contributed by atoms with van der Waals surface area (Å²) in [5, 5.41) is 0.595. The lowest BCUT2D eigenvalue weighted by molar-refractivity contribution is 0.0656. The van der Waals surface area contributed by atoms with E-state index in [0.29, 0.717) is 22.8 Å².